The zero-order chi connectivity index (χ0) is 14.9. The molecule has 0 fully saturated rings. The highest BCUT2D eigenvalue weighted by atomic mass is 16.1. The van der Waals surface area contributed by atoms with Crippen molar-refractivity contribution in [2.75, 3.05) is 0 Å². The van der Waals surface area contributed by atoms with Crippen molar-refractivity contribution in [2.45, 2.75) is 46.6 Å². The van der Waals surface area contributed by atoms with Crippen LogP contribution < -0.4 is 5.32 Å². The standard InChI is InChI=1S/C15H22N4O/c1-6-7-9(2)17-15(20)12-8-10(3)16-14-13(12)11(4)18-19(14)5/h8-9H,6-7H2,1-5H3,(H,17,20). The lowest BCUT2D eigenvalue weighted by Gasteiger charge is -2.13. The number of carbonyl (C=O) groups is 1. The van der Waals surface area contributed by atoms with Crippen molar-refractivity contribution in [1.29, 1.82) is 0 Å². The Morgan fingerprint density at radius 1 is 1.45 bits per heavy atom. The van der Waals surface area contributed by atoms with Crippen LogP contribution in [0.15, 0.2) is 6.07 Å². The van der Waals surface area contributed by atoms with Crippen LogP contribution in [0.4, 0.5) is 0 Å². The number of amides is 1. The number of aromatic nitrogens is 3. The molecular formula is C15H22N4O. The molecule has 20 heavy (non-hydrogen) atoms. The minimum atomic E-state index is -0.0439. The van der Waals surface area contributed by atoms with Gasteiger partial charge in [0.15, 0.2) is 5.65 Å². The van der Waals surface area contributed by atoms with Gasteiger partial charge in [0, 0.05) is 18.8 Å². The third-order valence-corrected chi connectivity index (χ3v) is 3.44. The van der Waals surface area contributed by atoms with E-state index in [-0.39, 0.29) is 11.9 Å². The monoisotopic (exact) mass is 274 g/mol. The van der Waals surface area contributed by atoms with Gasteiger partial charge in [-0.3, -0.25) is 9.48 Å². The van der Waals surface area contributed by atoms with E-state index in [0.717, 1.165) is 35.3 Å². The second kappa shape index (κ2) is 5.61. The van der Waals surface area contributed by atoms with Gasteiger partial charge >= 0.3 is 0 Å². The van der Waals surface area contributed by atoms with Gasteiger partial charge < -0.3 is 5.32 Å². The third kappa shape index (κ3) is 2.66. The predicted octanol–water partition coefficient (Wildman–Crippen LogP) is 2.50. The van der Waals surface area contributed by atoms with E-state index < -0.39 is 0 Å². The first-order chi connectivity index (χ1) is 9.43. The molecule has 1 atom stereocenters. The Morgan fingerprint density at radius 2 is 2.15 bits per heavy atom. The maximum absolute atomic E-state index is 12.5. The van der Waals surface area contributed by atoms with E-state index in [2.05, 4.69) is 22.3 Å². The van der Waals surface area contributed by atoms with Crippen LogP contribution in [0.2, 0.25) is 0 Å². The normalized spacial score (nSPS) is 12.7. The van der Waals surface area contributed by atoms with Gasteiger partial charge in [0.2, 0.25) is 0 Å². The van der Waals surface area contributed by atoms with Crippen LogP contribution in [0.5, 0.6) is 0 Å². The van der Waals surface area contributed by atoms with E-state index in [4.69, 9.17) is 0 Å². The largest absolute Gasteiger partial charge is 0.350 e. The Morgan fingerprint density at radius 3 is 2.80 bits per heavy atom. The van der Waals surface area contributed by atoms with Gasteiger partial charge in [0.1, 0.15) is 0 Å². The Hall–Kier alpha value is -1.91. The molecule has 0 saturated carbocycles. The van der Waals surface area contributed by atoms with Crippen molar-refractivity contribution < 1.29 is 4.79 Å². The molecule has 0 aliphatic rings. The van der Waals surface area contributed by atoms with E-state index in [0.29, 0.717) is 5.56 Å². The van der Waals surface area contributed by atoms with Crippen molar-refractivity contribution in [1.82, 2.24) is 20.1 Å². The summed E-state index contributed by atoms with van der Waals surface area (Å²) in [5.41, 5.74) is 3.09. The molecule has 1 amide bonds. The zero-order valence-electron chi connectivity index (χ0n) is 12.8. The molecule has 0 saturated heterocycles. The molecule has 0 aliphatic carbocycles. The maximum Gasteiger partial charge on any atom is 0.252 e. The molecule has 0 spiro atoms. The quantitative estimate of drug-likeness (QED) is 0.932. The van der Waals surface area contributed by atoms with Gasteiger partial charge in [-0.15, -0.1) is 0 Å². The molecule has 2 aromatic heterocycles. The molecule has 0 aromatic carbocycles. The van der Waals surface area contributed by atoms with Gasteiger partial charge in [-0.2, -0.15) is 5.10 Å². The average Bonchev–Trinajstić information content (AvgIpc) is 2.64. The smallest absolute Gasteiger partial charge is 0.252 e. The topological polar surface area (TPSA) is 59.8 Å². The summed E-state index contributed by atoms with van der Waals surface area (Å²) in [5, 5.41) is 8.26. The van der Waals surface area contributed by atoms with Crippen LogP contribution in [0.25, 0.3) is 11.0 Å². The predicted molar refractivity (Wildman–Crippen MR) is 79.8 cm³/mol. The molecule has 1 N–H and O–H groups in total. The second-order valence-corrected chi connectivity index (χ2v) is 5.38. The fraction of sp³-hybridized carbons (Fsp3) is 0.533. The van der Waals surface area contributed by atoms with Gasteiger partial charge in [-0.1, -0.05) is 13.3 Å². The lowest BCUT2D eigenvalue weighted by atomic mass is 10.1. The summed E-state index contributed by atoms with van der Waals surface area (Å²) in [6.07, 6.45) is 2.03. The Kier molecular flexibility index (Phi) is 4.06. The van der Waals surface area contributed by atoms with Crippen molar-refractivity contribution in [3.63, 3.8) is 0 Å². The average molecular weight is 274 g/mol. The zero-order valence-corrected chi connectivity index (χ0v) is 12.8. The summed E-state index contributed by atoms with van der Waals surface area (Å²) in [6, 6.07) is 2.01. The fourth-order valence-electron chi connectivity index (χ4n) is 2.56. The van der Waals surface area contributed by atoms with Crippen LogP contribution in [0.1, 0.15) is 48.4 Å². The Balaban J connectivity index is 2.45. The first-order valence-corrected chi connectivity index (χ1v) is 7.05. The van der Waals surface area contributed by atoms with Crippen LogP contribution in [0.3, 0.4) is 0 Å². The summed E-state index contributed by atoms with van der Waals surface area (Å²) in [7, 11) is 1.85. The van der Waals surface area contributed by atoms with E-state index in [9.17, 15) is 4.79 Å². The molecule has 108 valence electrons. The third-order valence-electron chi connectivity index (χ3n) is 3.44. The molecule has 0 aliphatic heterocycles. The SMILES string of the molecule is CCCC(C)NC(=O)c1cc(C)nc2c1c(C)nn2C. The number of aryl methyl sites for hydroxylation is 3. The van der Waals surface area contributed by atoms with Crippen molar-refractivity contribution >= 4 is 16.9 Å². The van der Waals surface area contributed by atoms with Crippen LogP contribution in [0, 0.1) is 13.8 Å². The molecule has 1 unspecified atom stereocenters. The molecule has 5 heteroatoms. The van der Waals surface area contributed by atoms with Gasteiger partial charge in [0.25, 0.3) is 5.91 Å². The lowest BCUT2D eigenvalue weighted by Crippen LogP contribution is -2.32. The maximum atomic E-state index is 12.5. The minimum absolute atomic E-state index is 0.0439. The Labute approximate surface area is 119 Å². The van der Waals surface area contributed by atoms with Crippen LogP contribution in [-0.2, 0) is 7.05 Å². The van der Waals surface area contributed by atoms with Crippen molar-refractivity contribution in [2.24, 2.45) is 7.05 Å². The molecule has 2 aromatic rings. The number of nitrogens with zero attached hydrogens (tertiary/aromatic N) is 3. The number of carbonyl (C=O) groups excluding carboxylic acids is 1. The molecule has 2 heterocycles. The van der Waals surface area contributed by atoms with Crippen LogP contribution >= 0.6 is 0 Å². The summed E-state index contributed by atoms with van der Waals surface area (Å²) < 4.78 is 1.73. The van der Waals surface area contributed by atoms with E-state index in [1.54, 1.807) is 4.68 Å². The summed E-state index contributed by atoms with van der Waals surface area (Å²) in [6.45, 7) is 7.95. The first kappa shape index (κ1) is 14.5. The van der Waals surface area contributed by atoms with Gasteiger partial charge in [0.05, 0.1) is 16.6 Å². The molecule has 5 nitrogen and oxygen atoms in total. The molecule has 0 bridgehead atoms. The minimum Gasteiger partial charge on any atom is -0.350 e. The van der Waals surface area contributed by atoms with Gasteiger partial charge in [-0.05, 0) is 33.3 Å². The first-order valence-electron chi connectivity index (χ1n) is 7.05. The number of hydrogen-bond acceptors (Lipinski definition) is 3. The summed E-state index contributed by atoms with van der Waals surface area (Å²) in [4.78, 5) is 17.0. The fourth-order valence-corrected chi connectivity index (χ4v) is 2.56. The lowest BCUT2D eigenvalue weighted by molar-refractivity contribution is 0.0940. The van der Waals surface area contributed by atoms with Crippen molar-refractivity contribution in [3.8, 4) is 0 Å². The van der Waals surface area contributed by atoms with E-state index in [1.807, 2.05) is 33.9 Å². The summed E-state index contributed by atoms with van der Waals surface area (Å²) in [5.74, 6) is -0.0439. The number of hydrogen-bond donors (Lipinski definition) is 1. The molecular weight excluding hydrogens is 252 g/mol. The highest BCUT2D eigenvalue weighted by Crippen LogP contribution is 2.21. The number of pyridine rings is 1. The second-order valence-electron chi connectivity index (χ2n) is 5.38. The summed E-state index contributed by atoms with van der Waals surface area (Å²) >= 11 is 0. The number of rotatable bonds is 4. The number of nitrogens with one attached hydrogen (secondary N) is 1. The number of fused-ring (bicyclic) bond motifs is 1. The highest BCUT2D eigenvalue weighted by molar-refractivity contribution is 6.06. The van der Waals surface area contributed by atoms with Crippen LogP contribution in [-0.4, -0.2) is 26.7 Å². The Bertz CT molecular complexity index is 645. The van der Waals surface area contributed by atoms with Gasteiger partial charge in [-0.25, -0.2) is 4.98 Å². The van der Waals surface area contributed by atoms with Crippen molar-refractivity contribution in [3.05, 3.63) is 23.0 Å². The highest BCUT2D eigenvalue weighted by Gasteiger charge is 2.18. The van der Waals surface area contributed by atoms with E-state index in [1.165, 1.54) is 0 Å². The van der Waals surface area contributed by atoms with E-state index >= 15 is 0 Å². The molecule has 2 rings (SSSR count). The molecule has 0 radical (unpaired) electrons.